The third-order valence-electron chi connectivity index (χ3n) is 3.23. The Morgan fingerprint density at radius 2 is 1.95 bits per heavy atom. The number of aryl methyl sites for hydroxylation is 2. The Hall–Kier alpha value is -2.36. The molecule has 4 heteroatoms. The Morgan fingerprint density at radius 3 is 2.84 bits per heavy atom. The molecule has 0 aliphatic carbocycles. The summed E-state index contributed by atoms with van der Waals surface area (Å²) in [6.45, 7) is 4.81. The van der Waals surface area contributed by atoms with Crippen molar-refractivity contribution in [2.24, 2.45) is 0 Å². The summed E-state index contributed by atoms with van der Waals surface area (Å²) >= 11 is 0. The molecule has 19 heavy (non-hydrogen) atoms. The molecule has 3 rings (SSSR count). The maximum absolute atomic E-state index is 4.17. The Morgan fingerprint density at radius 1 is 1.11 bits per heavy atom. The number of hydrogen-bond donors (Lipinski definition) is 1. The summed E-state index contributed by atoms with van der Waals surface area (Å²) in [6.07, 6.45) is 0. The first-order chi connectivity index (χ1) is 9.24. The molecular formula is C15H16N4. The first kappa shape index (κ1) is 11.7. The maximum atomic E-state index is 4.17. The first-order valence-electron chi connectivity index (χ1n) is 6.33. The molecule has 96 valence electrons. The van der Waals surface area contributed by atoms with Crippen LogP contribution in [0.15, 0.2) is 42.5 Å². The molecule has 0 unspecified atom stereocenters. The standard InChI is InChI=1S/C15H16N4/c1-11-7-8-12(2)14(9-11)16-10-19-15-6-4-3-5-13(15)17-18-19/h3-9,16H,10H2,1-2H3. The molecule has 1 aromatic heterocycles. The third kappa shape index (κ3) is 2.29. The van der Waals surface area contributed by atoms with Gasteiger partial charge < -0.3 is 5.32 Å². The van der Waals surface area contributed by atoms with Crippen LogP contribution in [0.5, 0.6) is 0 Å². The van der Waals surface area contributed by atoms with E-state index in [4.69, 9.17) is 0 Å². The zero-order chi connectivity index (χ0) is 13.2. The summed E-state index contributed by atoms with van der Waals surface area (Å²) in [7, 11) is 0. The van der Waals surface area contributed by atoms with Crippen molar-refractivity contribution >= 4 is 16.7 Å². The molecule has 1 heterocycles. The molecule has 0 atom stereocenters. The Bertz CT molecular complexity index is 715. The SMILES string of the molecule is Cc1ccc(C)c(NCn2nnc3ccccc32)c1. The van der Waals surface area contributed by atoms with Crippen LogP contribution in [0.4, 0.5) is 5.69 Å². The van der Waals surface area contributed by atoms with Crippen molar-refractivity contribution in [2.45, 2.75) is 20.5 Å². The van der Waals surface area contributed by atoms with Crippen molar-refractivity contribution in [3.05, 3.63) is 53.6 Å². The lowest BCUT2D eigenvalue weighted by Gasteiger charge is -2.10. The minimum absolute atomic E-state index is 0.616. The normalized spacial score (nSPS) is 10.8. The number of fused-ring (bicyclic) bond motifs is 1. The van der Waals surface area contributed by atoms with Gasteiger partial charge in [0.2, 0.25) is 0 Å². The number of rotatable bonds is 3. The van der Waals surface area contributed by atoms with Gasteiger partial charge in [0, 0.05) is 5.69 Å². The van der Waals surface area contributed by atoms with Crippen molar-refractivity contribution in [3.63, 3.8) is 0 Å². The largest absolute Gasteiger partial charge is 0.366 e. The number of hydrogen-bond acceptors (Lipinski definition) is 3. The van der Waals surface area contributed by atoms with E-state index in [1.807, 2.05) is 28.9 Å². The zero-order valence-electron chi connectivity index (χ0n) is 11.1. The molecule has 2 aromatic carbocycles. The van der Waals surface area contributed by atoms with E-state index in [9.17, 15) is 0 Å². The monoisotopic (exact) mass is 252 g/mol. The van der Waals surface area contributed by atoms with E-state index in [1.165, 1.54) is 11.1 Å². The summed E-state index contributed by atoms with van der Waals surface area (Å²) in [4.78, 5) is 0. The van der Waals surface area contributed by atoms with Gasteiger partial charge in [-0.05, 0) is 43.2 Å². The molecule has 0 saturated carbocycles. The quantitative estimate of drug-likeness (QED) is 0.778. The lowest BCUT2D eigenvalue weighted by atomic mass is 10.1. The van der Waals surface area contributed by atoms with Gasteiger partial charge in [0.1, 0.15) is 12.2 Å². The van der Waals surface area contributed by atoms with Crippen molar-refractivity contribution < 1.29 is 0 Å². The van der Waals surface area contributed by atoms with Gasteiger partial charge in [-0.15, -0.1) is 5.10 Å². The van der Waals surface area contributed by atoms with Crippen LogP contribution in [0.3, 0.4) is 0 Å². The molecule has 0 saturated heterocycles. The highest BCUT2D eigenvalue weighted by Crippen LogP contribution is 2.17. The van der Waals surface area contributed by atoms with Gasteiger partial charge in [-0.25, -0.2) is 4.68 Å². The fourth-order valence-corrected chi connectivity index (χ4v) is 2.12. The van der Waals surface area contributed by atoms with E-state index >= 15 is 0 Å². The van der Waals surface area contributed by atoms with Crippen LogP contribution in [0.1, 0.15) is 11.1 Å². The van der Waals surface area contributed by atoms with Gasteiger partial charge in [-0.1, -0.05) is 29.5 Å². The van der Waals surface area contributed by atoms with E-state index in [2.05, 4.69) is 47.7 Å². The number of anilines is 1. The van der Waals surface area contributed by atoms with Crippen molar-refractivity contribution in [3.8, 4) is 0 Å². The van der Waals surface area contributed by atoms with Gasteiger partial charge in [-0.2, -0.15) is 0 Å². The first-order valence-corrected chi connectivity index (χ1v) is 6.33. The second-order valence-electron chi connectivity index (χ2n) is 4.73. The van der Waals surface area contributed by atoms with Gasteiger partial charge in [0.25, 0.3) is 0 Å². The summed E-state index contributed by atoms with van der Waals surface area (Å²) in [5.74, 6) is 0. The van der Waals surface area contributed by atoms with Crippen LogP contribution in [-0.2, 0) is 6.67 Å². The Labute approximate surface area is 112 Å². The minimum Gasteiger partial charge on any atom is -0.366 e. The highest BCUT2D eigenvalue weighted by atomic mass is 15.4. The van der Waals surface area contributed by atoms with Gasteiger partial charge >= 0.3 is 0 Å². The average molecular weight is 252 g/mol. The van der Waals surface area contributed by atoms with E-state index in [0.29, 0.717) is 6.67 Å². The number of aromatic nitrogens is 3. The molecule has 4 nitrogen and oxygen atoms in total. The van der Waals surface area contributed by atoms with E-state index in [1.54, 1.807) is 0 Å². The highest BCUT2D eigenvalue weighted by molar-refractivity contribution is 5.73. The number of para-hydroxylation sites is 1. The molecule has 0 aliphatic rings. The van der Waals surface area contributed by atoms with Gasteiger partial charge in [-0.3, -0.25) is 0 Å². The van der Waals surface area contributed by atoms with Crippen molar-refractivity contribution in [2.75, 3.05) is 5.32 Å². The van der Waals surface area contributed by atoms with Gasteiger partial charge in [0.05, 0.1) is 5.52 Å². The maximum Gasteiger partial charge on any atom is 0.113 e. The van der Waals surface area contributed by atoms with Crippen LogP contribution < -0.4 is 5.32 Å². The van der Waals surface area contributed by atoms with Gasteiger partial charge in [0.15, 0.2) is 0 Å². The summed E-state index contributed by atoms with van der Waals surface area (Å²) in [5, 5.41) is 11.7. The fourth-order valence-electron chi connectivity index (χ4n) is 2.12. The molecular weight excluding hydrogens is 236 g/mol. The summed E-state index contributed by atoms with van der Waals surface area (Å²) in [5.41, 5.74) is 5.58. The number of nitrogens with one attached hydrogen (secondary N) is 1. The van der Waals surface area contributed by atoms with Crippen LogP contribution in [-0.4, -0.2) is 15.0 Å². The number of nitrogens with zero attached hydrogens (tertiary/aromatic N) is 3. The van der Waals surface area contributed by atoms with Crippen LogP contribution >= 0.6 is 0 Å². The second kappa shape index (κ2) is 4.72. The Balaban J connectivity index is 1.84. The summed E-state index contributed by atoms with van der Waals surface area (Å²) in [6, 6.07) is 14.4. The third-order valence-corrected chi connectivity index (χ3v) is 3.23. The van der Waals surface area contributed by atoms with Crippen LogP contribution in [0.2, 0.25) is 0 Å². The molecule has 0 amide bonds. The average Bonchev–Trinajstić information content (AvgIpc) is 2.83. The number of benzene rings is 2. The van der Waals surface area contributed by atoms with Crippen molar-refractivity contribution in [1.29, 1.82) is 0 Å². The van der Waals surface area contributed by atoms with Crippen LogP contribution in [0.25, 0.3) is 11.0 Å². The van der Waals surface area contributed by atoms with Crippen molar-refractivity contribution in [1.82, 2.24) is 15.0 Å². The predicted molar refractivity (Wildman–Crippen MR) is 77.1 cm³/mol. The molecule has 3 aromatic rings. The molecule has 0 radical (unpaired) electrons. The molecule has 1 N–H and O–H groups in total. The smallest absolute Gasteiger partial charge is 0.113 e. The highest BCUT2D eigenvalue weighted by Gasteiger charge is 2.03. The fraction of sp³-hybridized carbons (Fsp3) is 0.200. The predicted octanol–water partition coefficient (Wildman–Crippen LogP) is 3.12. The van der Waals surface area contributed by atoms with E-state index in [-0.39, 0.29) is 0 Å². The molecule has 0 aliphatic heterocycles. The lowest BCUT2D eigenvalue weighted by Crippen LogP contribution is -2.10. The summed E-state index contributed by atoms with van der Waals surface area (Å²) < 4.78 is 1.87. The molecule has 0 spiro atoms. The molecule has 0 bridgehead atoms. The van der Waals surface area contributed by atoms with E-state index in [0.717, 1.165) is 16.7 Å². The van der Waals surface area contributed by atoms with E-state index < -0.39 is 0 Å². The lowest BCUT2D eigenvalue weighted by molar-refractivity contribution is 0.655. The second-order valence-corrected chi connectivity index (χ2v) is 4.73. The minimum atomic E-state index is 0.616. The topological polar surface area (TPSA) is 42.7 Å². The Kier molecular flexibility index (Phi) is 2.91. The molecule has 0 fully saturated rings. The van der Waals surface area contributed by atoms with Crippen LogP contribution in [0, 0.1) is 13.8 Å². The zero-order valence-corrected chi connectivity index (χ0v) is 11.1.